The number of hydrogen-bond acceptors (Lipinski definition) is 5. The number of nitrogens with two attached hydrogens (primary N) is 1. The Hall–Kier alpha value is -1.11. The Morgan fingerprint density at radius 3 is 2.33 bits per heavy atom. The van der Waals surface area contributed by atoms with Gasteiger partial charge in [-0.05, 0) is 33.6 Å². The van der Waals surface area contributed by atoms with E-state index in [1.807, 2.05) is 33.8 Å². The molecule has 2 atom stereocenters. The molecule has 1 fully saturated rings. The number of piperidine rings is 1. The van der Waals surface area contributed by atoms with Crippen LogP contribution in [0.15, 0.2) is 6.07 Å². The third-order valence-corrected chi connectivity index (χ3v) is 4.32. The van der Waals surface area contributed by atoms with Crippen LogP contribution in [0.25, 0.3) is 0 Å². The molecule has 0 spiro atoms. The van der Waals surface area contributed by atoms with Crippen LogP contribution >= 0.6 is 24.8 Å². The molecule has 3 N–H and O–H groups in total. The minimum absolute atomic E-state index is 0. The SMILES string of the molecule is Cc1cc(N2CCC(NC(=O)C(C)C(C)N)CC2)nc(C)n1.Cl.Cl. The van der Waals surface area contributed by atoms with Crippen molar-refractivity contribution in [2.75, 3.05) is 18.0 Å². The fraction of sp³-hybridized carbons (Fsp3) is 0.688. The van der Waals surface area contributed by atoms with E-state index in [4.69, 9.17) is 5.73 Å². The van der Waals surface area contributed by atoms with Crippen molar-refractivity contribution in [2.45, 2.75) is 52.6 Å². The Morgan fingerprint density at radius 1 is 1.25 bits per heavy atom. The number of nitrogens with zero attached hydrogens (tertiary/aromatic N) is 3. The molecule has 2 rings (SSSR count). The molecular weight excluding hydrogens is 349 g/mol. The predicted octanol–water partition coefficient (Wildman–Crippen LogP) is 2.01. The standard InChI is InChI=1S/C16H27N5O.2ClH/c1-10-9-15(19-13(4)18-10)21-7-5-14(6-8-21)20-16(22)11(2)12(3)17;;/h9,11-12,14H,5-8,17H2,1-4H3,(H,20,22);2*1H. The van der Waals surface area contributed by atoms with Crippen LogP contribution < -0.4 is 16.0 Å². The monoisotopic (exact) mass is 377 g/mol. The molecular formula is C16H29Cl2N5O. The summed E-state index contributed by atoms with van der Waals surface area (Å²) in [6.07, 6.45) is 1.86. The van der Waals surface area contributed by atoms with E-state index < -0.39 is 0 Å². The molecule has 6 nitrogen and oxygen atoms in total. The van der Waals surface area contributed by atoms with Crippen molar-refractivity contribution >= 4 is 36.5 Å². The fourth-order valence-electron chi connectivity index (χ4n) is 2.68. The van der Waals surface area contributed by atoms with Gasteiger partial charge in [-0.3, -0.25) is 4.79 Å². The smallest absolute Gasteiger partial charge is 0.224 e. The molecule has 8 heteroatoms. The molecule has 0 bridgehead atoms. The summed E-state index contributed by atoms with van der Waals surface area (Å²) in [5, 5.41) is 3.12. The lowest BCUT2D eigenvalue weighted by atomic mass is 10.0. The minimum atomic E-state index is -0.148. The summed E-state index contributed by atoms with van der Waals surface area (Å²) in [4.78, 5) is 23.2. The number of aryl methyl sites for hydroxylation is 2. The topological polar surface area (TPSA) is 84.1 Å². The number of carbonyl (C=O) groups excluding carboxylic acids is 1. The van der Waals surface area contributed by atoms with Gasteiger partial charge in [0.05, 0.1) is 0 Å². The molecule has 1 aromatic rings. The molecule has 2 heterocycles. The van der Waals surface area contributed by atoms with Crippen molar-refractivity contribution in [2.24, 2.45) is 11.7 Å². The van der Waals surface area contributed by atoms with Gasteiger partial charge in [-0.15, -0.1) is 24.8 Å². The number of carbonyl (C=O) groups is 1. The Kier molecular flexibility index (Phi) is 9.55. The second kappa shape index (κ2) is 10.0. The molecule has 0 aliphatic carbocycles. The molecule has 1 aliphatic heterocycles. The first-order chi connectivity index (χ1) is 10.4. The van der Waals surface area contributed by atoms with Gasteiger partial charge in [0.15, 0.2) is 0 Å². The van der Waals surface area contributed by atoms with Crippen LogP contribution in [0.4, 0.5) is 5.82 Å². The summed E-state index contributed by atoms with van der Waals surface area (Å²) in [6, 6.07) is 2.13. The van der Waals surface area contributed by atoms with Gasteiger partial charge in [0.2, 0.25) is 5.91 Å². The van der Waals surface area contributed by atoms with E-state index in [9.17, 15) is 4.79 Å². The second-order valence-corrected chi connectivity index (χ2v) is 6.33. The second-order valence-electron chi connectivity index (χ2n) is 6.33. The van der Waals surface area contributed by atoms with E-state index in [2.05, 4.69) is 20.2 Å². The summed E-state index contributed by atoms with van der Waals surface area (Å²) < 4.78 is 0. The summed E-state index contributed by atoms with van der Waals surface area (Å²) in [5.74, 6) is 1.70. The number of aromatic nitrogens is 2. The minimum Gasteiger partial charge on any atom is -0.356 e. The maximum absolute atomic E-state index is 12.1. The fourth-order valence-corrected chi connectivity index (χ4v) is 2.68. The molecule has 0 saturated carbocycles. The van der Waals surface area contributed by atoms with E-state index in [1.54, 1.807) is 0 Å². The molecule has 2 unspecified atom stereocenters. The normalized spacial score (nSPS) is 17.3. The largest absolute Gasteiger partial charge is 0.356 e. The third-order valence-electron chi connectivity index (χ3n) is 4.32. The van der Waals surface area contributed by atoms with Crippen molar-refractivity contribution in [3.05, 3.63) is 17.6 Å². The van der Waals surface area contributed by atoms with Crippen molar-refractivity contribution in [3.8, 4) is 0 Å². The first-order valence-corrected chi connectivity index (χ1v) is 8.00. The molecule has 1 saturated heterocycles. The number of nitrogens with one attached hydrogen (secondary N) is 1. The quantitative estimate of drug-likeness (QED) is 0.837. The molecule has 1 aromatic heterocycles. The maximum Gasteiger partial charge on any atom is 0.224 e. The van der Waals surface area contributed by atoms with Gasteiger partial charge >= 0.3 is 0 Å². The highest BCUT2D eigenvalue weighted by molar-refractivity contribution is 5.85. The van der Waals surface area contributed by atoms with Crippen LogP contribution in [0.5, 0.6) is 0 Å². The summed E-state index contributed by atoms with van der Waals surface area (Å²) in [6.45, 7) is 9.44. The zero-order valence-corrected chi connectivity index (χ0v) is 16.4. The van der Waals surface area contributed by atoms with E-state index in [-0.39, 0.29) is 48.7 Å². The molecule has 24 heavy (non-hydrogen) atoms. The first kappa shape index (κ1) is 22.9. The highest BCUT2D eigenvalue weighted by Gasteiger charge is 2.24. The lowest BCUT2D eigenvalue weighted by molar-refractivity contribution is -0.125. The molecule has 1 amide bonds. The lowest BCUT2D eigenvalue weighted by Gasteiger charge is -2.34. The van der Waals surface area contributed by atoms with E-state index in [1.165, 1.54) is 0 Å². The average molecular weight is 378 g/mol. The summed E-state index contributed by atoms with van der Waals surface area (Å²) >= 11 is 0. The summed E-state index contributed by atoms with van der Waals surface area (Å²) in [5.41, 5.74) is 6.77. The van der Waals surface area contributed by atoms with Crippen molar-refractivity contribution < 1.29 is 4.79 Å². The number of anilines is 1. The zero-order valence-electron chi connectivity index (χ0n) is 14.8. The number of amides is 1. The number of rotatable bonds is 4. The molecule has 0 aromatic carbocycles. The molecule has 138 valence electrons. The van der Waals surface area contributed by atoms with Gasteiger partial charge in [-0.25, -0.2) is 9.97 Å². The zero-order chi connectivity index (χ0) is 16.3. The number of hydrogen-bond donors (Lipinski definition) is 2. The predicted molar refractivity (Wildman–Crippen MR) is 102 cm³/mol. The van der Waals surface area contributed by atoms with Crippen molar-refractivity contribution in [1.82, 2.24) is 15.3 Å². The van der Waals surface area contributed by atoms with Crippen LogP contribution in [-0.4, -0.2) is 41.0 Å². The van der Waals surface area contributed by atoms with Gasteiger partial charge in [-0.1, -0.05) is 6.92 Å². The highest BCUT2D eigenvalue weighted by Crippen LogP contribution is 2.19. The van der Waals surface area contributed by atoms with Crippen LogP contribution in [0.2, 0.25) is 0 Å². The average Bonchev–Trinajstić information content (AvgIpc) is 2.46. The Balaban J connectivity index is 0.00000264. The van der Waals surface area contributed by atoms with E-state index in [0.29, 0.717) is 0 Å². The van der Waals surface area contributed by atoms with Gasteiger partial charge in [0.1, 0.15) is 11.6 Å². The molecule has 1 aliphatic rings. The maximum atomic E-state index is 12.1. The Bertz CT molecular complexity index is 513. The molecule has 0 radical (unpaired) electrons. The van der Waals surface area contributed by atoms with Gasteiger partial charge in [0, 0.05) is 42.9 Å². The van der Waals surface area contributed by atoms with Crippen LogP contribution in [0.3, 0.4) is 0 Å². The van der Waals surface area contributed by atoms with Crippen LogP contribution in [-0.2, 0) is 4.79 Å². The van der Waals surface area contributed by atoms with Crippen LogP contribution in [0.1, 0.15) is 38.2 Å². The third kappa shape index (κ3) is 6.07. The van der Waals surface area contributed by atoms with Gasteiger partial charge < -0.3 is 16.0 Å². The van der Waals surface area contributed by atoms with Crippen LogP contribution in [0, 0.1) is 19.8 Å². The number of halogens is 2. The van der Waals surface area contributed by atoms with E-state index in [0.717, 1.165) is 43.3 Å². The first-order valence-electron chi connectivity index (χ1n) is 8.00. The van der Waals surface area contributed by atoms with Crippen molar-refractivity contribution in [1.29, 1.82) is 0 Å². The van der Waals surface area contributed by atoms with E-state index >= 15 is 0 Å². The Morgan fingerprint density at radius 2 is 1.83 bits per heavy atom. The lowest BCUT2D eigenvalue weighted by Crippen LogP contribution is -2.48. The highest BCUT2D eigenvalue weighted by atomic mass is 35.5. The van der Waals surface area contributed by atoms with Gasteiger partial charge in [-0.2, -0.15) is 0 Å². The Labute approximate surface area is 156 Å². The summed E-state index contributed by atoms with van der Waals surface area (Å²) in [7, 11) is 0. The van der Waals surface area contributed by atoms with Gasteiger partial charge in [0.25, 0.3) is 0 Å². The van der Waals surface area contributed by atoms with Crippen molar-refractivity contribution in [3.63, 3.8) is 0 Å².